The molecule has 0 saturated heterocycles. The SMILES string of the molecule is O=C(CCCCCC(NC(=O)CCn1cnc([N+](=O)[O-])c1)C(=O)NCCCNC(=O)CN(CCS)CC(=O)NCCS)CCn1cnc([N+](=O)[O-])c1.[99Tc+5].[O-2]. The third-order valence-corrected chi connectivity index (χ3v) is 7.94. The summed E-state index contributed by atoms with van der Waals surface area (Å²) in [4.78, 5) is 92.0. The van der Waals surface area contributed by atoms with Crippen LogP contribution in [0.5, 0.6) is 0 Å². The summed E-state index contributed by atoms with van der Waals surface area (Å²) in [6.07, 6.45) is 7.82. The summed E-state index contributed by atoms with van der Waals surface area (Å²) < 4.78 is 2.89. The molecule has 2 heterocycles. The Labute approximate surface area is 336 Å². The third kappa shape index (κ3) is 21.1. The zero-order valence-electron chi connectivity index (χ0n) is 29.6. The average Bonchev–Trinajstić information content (AvgIpc) is 3.79. The maximum Gasteiger partial charge on any atom is 5.00 e. The van der Waals surface area contributed by atoms with Gasteiger partial charge in [0.15, 0.2) is 0 Å². The van der Waals surface area contributed by atoms with Gasteiger partial charge in [0.25, 0.3) is 0 Å². The van der Waals surface area contributed by atoms with Crippen LogP contribution in [0, 0.1) is 20.2 Å². The van der Waals surface area contributed by atoms with Crippen molar-refractivity contribution in [2.45, 2.75) is 70.5 Å². The summed E-state index contributed by atoms with van der Waals surface area (Å²) in [6.45, 7) is 1.77. The molecule has 2 rings (SSSR count). The van der Waals surface area contributed by atoms with E-state index in [9.17, 15) is 44.2 Å². The number of hydrogen-bond acceptors (Lipinski definition) is 14. The molecule has 24 heteroatoms. The van der Waals surface area contributed by atoms with Gasteiger partial charge in [-0.2, -0.15) is 25.3 Å². The fourth-order valence-electron chi connectivity index (χ4n) is 4.84. The summed E-state index contributed by atoms with van der Waals surface area (Å²) in [6, 6.07) is -0.879. The number of aryl methyl sites for hydroxylation is 2. The van der Waals surface area contributed by atoms with Crippen LogP contribution >= 0.6 is 25.3 Å². The molecule has 0 spiro atoms. The zero-order chi connectivity index (χ0) is 38.3. The van der Waals surface area contributed by atoms with E-state index in [-0.39, 0.29) is 107 Å². The second-order valence-electron chi connectivity index (χ2n) is 11.7. The topological polar surface area (TPSA) is 287 Å². The molecule has 4 N–H and O–H groups in total. The molecule has 21 nitrogen and oxygen atoms in total. The largest absolute Gasteiger partial charge is 5.00 e. The minimum atomic E-state index is -0.879. The average molecular weight is 885 g/mol. The van der Waals surface area contributed by atoms with Crippen LogP contribution < -0.4 is 21.3 Å². The van der Waals surface area contributed by atoms with Crippen LogP contribution in [0.4, 0.5) is 11.6 Å². The molecular formula is C30H47N11O10S2Tc+3. The molecule has 2 aromatic rings. The van der Waals surface area contributed by atoms with E-state index in [2.05, 4.69) is 56.5 Å². The molecule has 298 valence electrons. The molecule has 0 aromatic carbocycles. The van der Waals surface area contributed by atoms with Crippen LogP contribution in [0.1, 0.15) is 51.4 Å². The van der Waals surface area contributed by atoms with Gasteiger partial charge in [-0.05, 0) is 39.1 Å². The van der Waals surface area contributed by atoms with Gasteiger partial charge in [0.1, 0.15) is 24.2 Å². The molecule has 0 fully saturated rings. The first kappa shape index (κ1) is 50.0. The number of amides is 4. The minimum Gasteiger partial charge on any atom is -2.00 e. The Bertz CT molecular complexity index is 1500. The predicted molar refractivity (Wildman–Crippen MR) is 195 cm³/mol. The number of nitro groups is 2. The Hall–Kier alpha value is -3.96. The van der Waals surface area contributed by atoms with Gasteiger partial charge < -0.3 is 56.1 Å². The number of hydrogen-bond donors (Lipinski definition) is 6. The van der Waals surface area contributed by atoms with Gasteiger partial charge in [-0.3, -0.25) is 28.9 Å². The van der Waals surface area contributed by atoms with Gasteiger partial charge in [0, 0.05) is 70.0 Å². The molecule has 0 saturated carbocycles. The molecular weight excluding hydrogens is 837 g/mol. The number of nitrogens with zero attached hydrogens (tertiary/aromatic N) is 7. The van der Waals surface area contributed by atoms with Crippen molar-refractivity contribution >= 4 is 66.3 Å². The number of aromatic nitrogens is 4. The van der Waals surface area contributed by atoms with Gasteiger partial charge >= 0.3 is 31.7 Å². The molecule has 1 unspecified atom stereocenters. The molecule has 54 heavy (non-hydrogen) atoms. The standard InChI is InChI=1S/C30H47N11O9S2.O.Tc/c42-23(7-12-38-17-25(34-21-38)40(47)48)5-2-1-3-6-24(36-27(43)8-13-39-18-26(35-22-39)41(49)50)30(46)33-10-4-9-31-28(44)19-37(14-16-52)20-29(45)32-11-15-51;;/h17-18,21-22,24,51-52H,1-16,19-20H2,(H,31,44)(H,32,45)(H,33,46)(H,36,43);;/q;-2;+5/i;;1+1. The van der Waals surface area contributed by atoms with Crippen molar-refractivity contribution in [1.29, 1.82) is 0 Å². The van der Waals surface area contributed by atoms with Crippen molar-refractivity contribution < 1.29 is 59.4 Å². The second-order valence-corrected chi connectivity index (χ2v) is 12.6. The second kappa shape index (κ2) is 28.5. The van der Waals surface area contributed by atoms with Crippen molar-refractivity contribution in [1.82, 2.24) is 45.3 Å². The van der Waals surface area contributed by atoms with E-state index in [0.29, 0.717) is 63.1 Å². The van der Waals surface area contributed by atoms with Gasteiger partial charge in [0.05, 0.1) is 13.1 Å². The Kier molecular flexibility index (Phi) is 26.4. The molecule has 0 radical (unpaired) electrons. The number of Topliss-reactive ketones (excluding diaryl/α,β-unsaturated/α-hetero) is 1. The Morgan fingerprint density at radius 2 is 1.30 bits per heavy atom. The monoisotopic (exact) mass is 884 g/mol. The van der Waals surface area contributed by atoms with E-state index < -0.39 is 27.7 Å². The molecule has 0 aliphatic rings. The Balaban J connectivity index is 0.0000140. The van der Waals surface area contributed by atoms with E-state index in [4.69, 9.17) is 0 Å². The normalized spacial score (nSPS) is 11.1. The van der Waals surface area contributed by atoms with Gasteiger partial charge in [0.2, 0.25) is 36.3 Å². The number of carbonyl (C=O) groups is 5. The molecule has 0 bridgehead atoms. The maximum atomic E-state index is 13.1. The van der Waals surface area contributed by atoms with Gasteiger partial charge in [-0.1, -0.05) is 12.8 Å². The zero-order valence-corrected chi connectivity index (χ0v) is 33.2. The summed E-state index contributed by atoms with van der Waals surface area (Å²) in [5.41, 5.74) is 0. The van der Waals surface area contributed by atoms with Gasteiger partial charge in [-0.25, -0.2) is 0 Å². The van der Waals surface area contributed by atoms with Crippen molar-refractivity contribution in [2.24, 2.45) is 0 Å². The summed E-state index contributed by atoms with van der Waals surface area (Å²) in [5, 5.41) is 32.6. The fourth-order valence-corrected chi connectivity index (χ4v) is 5.24. The quantitative estimate of drug-likeness (QED) is 0.0289. The van der Waals surface area contributed by atoms with Crippen LogP contribution in [-0.2, 0) is 62.6 Å². The molecule has 0 aliphatic heterocycles. The number of ketones is 1. The van der Waals surface area contributed by atoms with Crippen LogP contribution in [0.25, 0.3) is 0 Å². The van der Waals surface area contributed by atoms with Crippen molar-refractivity contribution in [2.75, 3.05) is 50.8 Å². The van der Waals surface area contributed by atoms with E-state index in [1.807, 2.05) is 0 Å². The summed E-state index contributed by atoms with van der Waals surface area (Å²) in [7, 11) is 0. The number of rotatable bonds is 28. The maximum absolute atomic E-state index is 13.1. The first-order valence-corrected chi connectivity index (χ1v) is 18.1. The molecule has 4 amide bonds. The Morgan fingerprint density at radius 3 is 1.83 bits per heavy atom. The van der Waals surface area contributed by atoms with E-state index in [1.54, 1.807) is 4.90 Å². The van der Waals surface area contributed by atoms with E-state index in [1.165, 1.54) is 34.2 Å². The van der Waals surface area contributed by atoms with Crippen molar-refractivity contribution in [3.63, 3.8) is 0 Å². The molecule has 2 aromatic heterocycles. The number of thiol groups is 2. The van der Waals surface area contributed by atoms with Crippen LogP contribution in [0.15, 0.2) is 25.0 Å². The number of imidazole rings is 2. The summed E-state index contributed by atoms with van der Waals surface area (Å²) in [5.74, 6) is -1.06. The van der Waals surface area contributed by atoms with Crippen LogP contribution in [0.3, 0.4) is 0 Å². The van der Waals surface area contributed by atoms with Crippen molar-refractivity contribution in [3.8, 4) is 0 Å². The van der Waals surface area contributed by atoms with Crippen LogP contribution in [0.2, 0.25) is 0 Å². The first-order valence-electron chi connectivity index (χ1n) is 16.8. The number of unbranched alkanes of at least 4 members (excludes halogenated alkanes) is 2. The van der Waals surface area contributed by atoms with Gasteiger partial charge in [-0.15, -0.1) is 0 Å². The van der Waals surface area contributed by atoms with Crippen molar-refractivity contribution in [3.05, 3.63) is 45.3 Å². The van der Waals surface area contributed by atoms with E-state index >= 15 is 0 Å². The molecule has 1 atom stereocenters. The van der Waals surface area contributed by atoms with E-state index in [0.717, 1.165) is 0 Å². The first-order chi connectivity index (χ1) is 24.9. The predicted octanol–water partition coefficient (Wildman–Crippen LogP) is 0.160. The third-order valence-electron chi connectivity index (χ3n) is 7.52. The number of nitrogens with one attached hydrogen (secondary N) is 4. The minimum absolute atomic E-state index is 0. The van der Waals surface area contributed by atoms with Crippen LogP contribution in [-0.4, -0.2) is 120 Å². The molecule has 0 aliphatic carbocycles. The summed E-state index contributed by atoms with van der Waals surface area (Å²) >= 11 is 8.25. The number of carbonyl (C=O) groups excluding carboxylic acids is 5. The fraction of sp³-hybridized carbons (Fsp3) is 0.633. The Morgan fingerprint density at radius 1 is 0.741 bits per heavy atom. The smallest absolute Gasteiger partial charge is 2.00 e.